The second kappa shape index (κ2) is 5.34. The van der Waals surface area contributed by atoms with Crippen LogP contribution in [0.15, 0.2) is 42.7 Å². The second-order valence-corrected chi connectivity index (χ2v) is 3.90. The van der Waals surface area contributed by atoms with Gasteiger partial charge in [0, 0.05) is 24.5 Å². The van der Waals surface area contributed by atoms with Crippen molar-refractivity contribution in [3.05, 3.63) is 53.9 Å². The largest absolute Gasteiger partial charge is 0.497 e. The van der Waals surface area contributed by atoms with Crippen molar-refractivity contribution in [1.82, 2.24) is 4.57 Å². The van der Waals surface area contributed by atoms with E-state index in [1.165, 1.54) is 5.56 Å². The molecule has 0 saturated carbocycles. The highest BCUT2D eigenvalue weighted by Crippen LogP contribution is 2.12. The van der Waals surface area contributed by atoms with Gasteiger partial charge in [0.2, 0.25) is 0 Å². The molecule has 17 heavy (non-hydrogen) atoms. The first-order valence-electron chi connectivity index (χ1n) is 5.55. The molecule has 0 fully saturated rings. The smallest absolute Gasteiger partial charge is 0.151 e. The van der Waals surface area contributed by atoms with Gasteiger partial charge in [-0.1, -0.05) is 12.1 Å². The number of carbonyl (C=O) groups is 1. The molecule has 88 valence electrons. The van der Waals surface area contributed by atoms with Gasteiger partial charge in [0.1, 0.15) is 5.75 Å². The lowest BCUT2D eigenvalue weighted by atomic mass is 10.1. The Labute approximate surface area is 101 Å². The summed E-state index contributed by atoms with van der Waals surface area (Å²) in [7, 11) is 1.66. The summed E-state index contributed by atoms with van der Waals surface area (Å²) in [6.45, 7) is 0.875. The summed E-state index contributed by atoms with van der Waals surface area (Å²) in [4.78, 5) is 10.5. The lowest BCUT2D eigenvalue weighted by Crippen LogP contribution is -1.98. The Balaban J connectivity index is 1.94. The molecule has 2 aromatic rings. The number of aldehydes is 1. The van der Waals surface area contributed by atoms with E-state index in [4.69, 9.17) is 4.74 Å². The predicted octanol–water partition coefficient (Wildman–Crippen LogP) is 2.55. The van der Waals surface area contributed by atoms with Gasteiger partial charge in [-0.2, -0.15) is 0 Å². The Kier molecular flexibility index (Phi) is 3.60. The summed E-state index contributed by atoms with van der Waals surface area (Å²) in [5.41, 5.74) is 1.98. The third-order valence-corrected chi connectivity index (χ3v) is 2.73. The highest BCUT2D eigenvalue weighted by Gasteiger charge is 1.97. The van der Waals surface area contributed by atoms with Crippen LogP contribution in [-0.4, -0.2) is 18.0 Å². The molecular weight excluding hydrogens is 214 g/mol. The molecule has 3 nitrogen and oxygen atoms in total. The van der Waals surface area contributed by atoms with Crippen molar-refractivity contribution < 1.29 is 9.53 Å². The molecule has 0 radical (unpaired) electrons. The normalized spacial score (nSPS) is 10.2. The van der Waals surface area contributed by atoms with Crippen LogP contribution in [0.2, 0.25) is 0 Å². The van der Waals surface area contributed by atoms with Crippen LogP contribution in [0.1, 0.15) is 15.9 Å². The van der Waals surface area contributed by atoms with Crippen LogP contribution in [0.25, 0.3) is 0 Å². The van der Waals surface area contributed by atoms with E-state index in [9.17, 15) is 4.79 Å². The van der Waals surface area contributed by atoms with E-state index in [0.29, 0.717) is 0 Å². The van der Waals surface area contributed by atoms with Crippen LogP contribution in [0, 0.1) is 0 Å². The molecule has 0 saturated heterocycles. The summed E-state index contributed by atoms with van der Waals surface area (Å²) >= 11 is 0. The van der Waals surface area contributed by atoms with Gasteiger partial charge in [-0.25, -0.2) is 0 Å². The molecule has 0 atom stereocenters. The number of hydrogen-bond acceptors (Lipinski definition) is 2. The Morgan fingerprint density at radius 1 is 1.24 bits per heavy atom. The second-order valence-electron chi connectivity index (χ2n) is 3.90. The van der Waals surface area contributed by atoms with Gasteiger partial charge < -0.3 is 9.30 Å². The van der Waals surface area contributed by atoms with Crippen molar-refractivity contribution in [3.8, 4) is 5.75 Å². The van der Waals surface area contributed by atoms with Crippen LogP contribution in [0.5, 0.6) is 5.75 Å². The molecule has 0 bridgehead atoms. The topological polar surface area (TPSA) is 31.2 Å². The number of rotatable bonds is 5. The van der Waals surface area contributed by atoms with E-state index in [0.717, 1.165) is 30.6 Å². The maximum absolute atomic E-state index is 10.5. The van der Waals surface area contributed by atoms with E-state index in [1.54, 1.807) is 7.11 Å². The number of hydrogen-bond donors (Lipinski definition) is 0. The molecule has 1 heterocycles. The standard InChI is InChI=1S/C14H15NO2/c1-17-14-4-2-12(3-5-14)6-8-15-9-7-13(10-15)11-16/h2-5,7,9-11H,6,8H2,1H3. The number of aromatic nitrogens is 1. The third kappa shape index (κ3) is 2.97. The van der Waals surface area contributed by atoms with Crippen LogP contribution >= 0.6 is 0 Å². The molecular formula is C14H15NO2. The van der Waals surface area contributed by atoms with Gasteiger partial charge in [0.25, 0.3) is 0 Å². The lowest BCUT2D eigenvalue weighted by Gasteiger charge is -2.04. The fourth-order valence-corrected chi connectivity index (χ4v) is 1.72. The van der Waals surface area contributed by atoms with Crippen molar-refractivity contribution in [2.45, 2.75) is 13.0 Å². The monoisotopic (exact) mass is 229 g/mol. The average Bonchev–Trinajstić information content (AvgIpc) is 2.85. The Hall–Kier alpha value is -2.03. The fraction of sp³-hybridized carbons (Fsp3) is 0.214. The van der Waals surface area contributed by atoms with Gasteiger partial charge in [0.05, 0.1) is 7.11 Å². The summed E-state index contributed by atoms with van der Waals surface area (Å²) < 4.78 is 7.13. The summed E-state index contributed by atoms with van der Waals surface area (Å²) in [6.07, 6.45) is 5.59. The molecule has 0 amide bonds. The Morgan fingerprint density at radius 3 is 2.59 bits per heavy atom. The Morgan fingerprint density at radius 2 is 2.00 bits per heavy atom. The van der Waals surface area contributed by atoms with Gasteiger partial charge in [-0.3, -0.25) is 4.79 Å². The van der Waals surface area contributed by atoms with E-state index >= 15 is 0 Å². The van der Waals surface area contributed by atoms with Crippen molar-refractivity contribution in [3.63, 3.8) is 0 Å². The van der Waals surface area contributed by atoms with E-state index in [1.807, 2.05) is 35.2 Å². The fourth-order valence-electron chi connectivity index (χ4n) is 1.72. The summed E-state index contributed by atoms with van der Waals surface area (Å²) in [5.74, 6) is 0.873. The summed E-state index contributed by atoms with van der Waals surface area (Å²) in [6, 6.07) is 9.86. The van der Waals surface area contributed by atoms with Crippen molar-refractivity contribution in [2.75, 3.05) is 7.11 Å². The molecule has 1 aromatic heterocycles. The molecule has 0 aliphatic heterocycles. The number of carbonyl (C=O) groups excluding carboxylic acids is 1. The SMILES string of the molecule is COc1ccc(CCn2ccc(C=O)c2)cc1. The van der Waals surface area contributed by atoms with Crippen molar-refractivity contribution in [2.24, 2.45) is 0 Å². The first kappa shape index (κ1) is 11.5. The van der Waals surface area contributed by atoms with Gasteiger partial charge >= 0.3 is 0 Å². The Bertz CT molecular complexity index is 485. The van der Waals surface area contributed by atoms with Crippen LogP contribution in [0.4, 0.5) is 0 Å². The highest BCUT2D eigenvalue weighted by molar-refractivity contribution is 5.74. The summed E-state index contributed by atoms with van der Waals surface area (Å²) in [5, 5.41) is 0. The molecule has 0 spiro atoms. The number of nitrogens with zero attached hydrogens (tertiary/aromatic N) is 1. The molecule has 1 aromatic carbocycles. The quantitative estimate of drug-likeness (QED) is 0.738. The molecule has 3 heteroatoms. The number of methoxy groups -OCH3 is 1. The van der Waals surface area contributed by atoms with Crippen molar-refractivity contribution >= 4 is 6.29 Å². The maximum atomic E-state index is 10.5. The number of aryl methyl sites for hydroxylation is 2. The molecule has 0 unspecified atom stereocenters. The zero-order chi connectivity index (χ0) is 12.1. The minimum absolute atomic E-state index is 0.722. The lowest BCUT2D eigenvalue weighted by molar-refractivity contribution is 0.112. The first-order valence-corrected chi connectivity index (χ1v) is 5.55. The first-order chi connectivity index (χ1) is 8.31. The van der Waals surface area contributed by atoms with Gasteiger partial charge in [0.15, 0.2) is 6.29 Å². The third-order valence-electron chi connectivity index (χ3n) is 2.73. The molecule has 0 aliphatic carbocycles. The maximum Gasteiger partial charge on any atom is 0.151 e. The highest BCUT2D eigenvalue weighted by atomic mass is 16.5. The van der Waals surface area contributed by atoms with E-state index in [2.05, 4.69) is 12.1 Å². The van der Waals surface area contributed by atoms with E-state index in [-0.39, 0.29) is 0 Å². The minimum Gasteiger partial charge on any atom is -0.497 e. The van der Waals surface area contributed by atoms with Crippen LogP contribution in [-0.2, 0) is 13.0 Å². The minimum atomic E-state index is 0.722. The number of benzene rings is 1. The zero-order valence-corrected chi connectivity index (χ0v) is 9.80. The molecule has 2 rings (SSSR count). The van der Waals surface area contributed by atoms with Gasteiger partial charge in [-0.15, -0.1) is 0 Å². The van der Waals surface area contributed by atoms with Crippen LogP contribution < -0.4 is 4.74 Å². The van der Waals surface area contributed by atoms with E-state index < -0.39 is 0 Å². The van der Waals surface area contributed by atoms with Crippen molar-refractivity contribution in [1.29, 1.82) is 0 Å². The zero-order valence-electron chi connectivity index (χ0n) is 9.80. The predicted molar refractivity (Wildman–Crippen MR) is 66.5 cm³/mol. The number of ether oxygens (including phenoxy) is 1. The average molecular weight is 229 g/mol. The van der Waals surface area contributed by atoms with Crippen LogP contribution in [0.3, 0.4) is 0 Å². The molecule has 0 N–H and O–H groups in total. The molecule has 0 aliphatic rings. The van der Waals surface area contributed by atoms with Gasteiger partial charge in [-0.05, 0) is 30.2 Å².